The maximum atomic E-state index is 10.2. The first-order valence-corrected chi connectivity index (χ1v) is 5.49. The summed E-state index contributed by atoms with van der Waals surface area (Å²) in [4.78, 5) is 10.2. The van der Waals surface area contributed by atoms with E-state index in [4.69, 9.17) is 4.74 Å². The van der Waals surface area contributed by atoms with Crippen LogP contribution in [-0.2, 0) is 17.8 Å². The van der Waals surface area contributed by atoms with Crippen molar-refractivity contribution in [1.29, 1.82) is 0 Å². The molecule has 0 unspecified atom stereocenters. The van der Waals surface area contributed by atoms with Gasteiger partial charge < -0.3 is 4.74 Å². The Morgan fingerprint density at radius 1 is 0.882 bits per heavy atom. The van der Waals surface area contributed by atoms with Gasteiger partial charge in [-0.3, -0.25) is 4.79 Å². The second kappa shape index (κ2) is 5.85. The van der Waals surface area contributed by atoms with Gasteiger partial charge >= 0.3 is 0 Å². The van der Waals surface area contributed by atoms with Crippen molar-refractivity contribution in [3.63, 3.8) is 0 Å². The van der Waals surface area contributed by atoms with Crippen LogP contribution in [0.1, 0.15) is 11.1 Å². The molecule has 2 aromatic carbocycles. The van der Waals surface area contributed by atoms with Gasteiger partial charge in [-0.15, -0.1) is 0 Å². The SMILES string of the molecule is O=[C]Cc1ccc(COc2ccccc2)cc1. The molecular weight excluding hydrogens is 212 g/mol. The van der Waals surface area contributed by atoms with E-state index in [2.05, 4.69) is 0 Å². The summed E-state index contributed by atoms with van der Waals surface area (Å²) in [6, 6.07) is 17.5. The molecule has 0 atom stereocenters. The van der Waals surface area contributed by atoms with Crippen LogP contribution in [0.2, 0.25) is 0 Å². The molecule has 0 aliphatic heterocycles. The Hall–Kier alpha value is -2.09. The number of benzene rings is 2. The van der Waals surface area contributed by atoms with Crippen LogP contribution in [0.25, 0.3) is 0 Å². The molecule has 2 nitrogen and oxygen atoms in total. The second-order valence-corrected chi connectivity index (χ2v) is 3.74. The second-order valence-electron chi connectivity index (χ2n) is 3.74. The van der Waals surface area contributed by atoms with Crippen molar-refractivity contribution in [2.45, 2.75) is 13.0 Å². The summed E-state index contributed by atoms with van der Waals surface area (Å²) >= 11 is 0. The van der Waals surface area contributed by atoms with Crippen LogP contribution in [0, 0.1) is 0 Å². The molecule has 2 rings (SSSR count). The summed E-state index contributed by atoms with van der Waals surface area (Å²) in [6.07, 6.45) is 2.23. The van der Waals surface area contributed by atoms with E-state index in [1.165, 1.54) is 0 Å². The van der Waals surface area contributed by atoms with Gasteiger partial charge in [0.25, 0.3) is 0 Å². The highest BCUT2D eigenvalue weighted by Gasteiger charge is 1.96. The molecule has 0 saturated carbocycles. The van der Waals surface area contributed by atoms with Crippen molar-refractivity contribution >= 4 is 6.29 Å². The highest BCUT2D eigenvalue weighted by atomic mass is 16.5. The van der Waals surface area contributed by atoms with Crippen molar-refractivity contribution < 1.29 is 9.53 Å². The lowest BCUT2D eigenvalue weighted by atomic mass is 10.1. The zero-order chi connectivity index (χ0) is 11.9. The quantitative estimate of drug-likeness (QED) is 0.782. The van der Waals surface area contributed by atoms with E-state index in [-0.39, 0.29) is 0 Å². The van der Waals surface area contributed by atoms with Crippen molar-refractivity contribution in [2.24, 2.45) is 0 Å². The van der Waals surface area contributed by atoms with Gasteiger partial charge in [-0.05, 0) is 23.3 Å². The minimum atomic E-state index is 0.347. The van der Waals surface area contributed by atoms with Crippen molar-refractivity contribution in [3.05, 3.63) is 65.7 Å². The Bertz CT molecular complexity index is 460. The van der Waals surface area contributed by atoms with E-state index in [1.54, 1.807) is 0 Å². The predicted molar refractivity (Wildman–Crippen MR) is 66.6 cm³/mol. The molecule has 17 heavy (non-hydrogen) atoms. The molecule has 0 saturated heterocycles. The highest BCUT2D eigenvalue weighted by Crippen LogP contribution is 2.12. The van der Waals surface area contributed by atoms with Gasteiger partial charge in [0.1, 0.15) is 12.4 Å². The van der Waals surface area contributed by atoms with Crippen molar-refractivity contribution in [1.82, 2.24) is 0 Å². The average molecular weight is 225 g/mol. The van der Waals surface area contributed by atoms with Crippen LogP contribution in [0.5, 0.6) is 5.75 Å². The summed E-state index contributed by atoms with van der Waals surface area (Å²) in [5, 5.41) is 0. The zero-order valence-electron chi connectivity index (χ0n) is 9.43. The first-order chi connectivity index (χ1) is 8.38. The molecule has 0 fully saturated rings. The molecule has 0 heterocycles. The van der Waals surface area contributed by atoms with Gasteiger partial charge in [0.2, 0.25) is 6.29 Å². The molecule has 0 spiro atoms. The zero-order valence-corrected chi connectivity index (χ0v) is 9.43. The molecule has 0 N–H and O–H groups in total. The molecular formula is C15H13O2. The number of carbonyl (C=O) groups excluding carboxylic acids is 1. The third kappa shape index (κ3) is 3.45. The van der Waals surface area contributed by atoms with Gasteiger partial charge in [0, 0.05) is 6.42 Å². The Kier molecular flexibility index (Phi) is 3.92. The van der Waals surface area contributed by atoms with Crippen LogP contribution < -0.4 is 4.74 Å². The molecule has 85 valence electrons. The number of hydrogen-bond acceptors (Lipinski definition) is 2. The fourth-order valence-corrected chi connectivity index (χ4v) is 1.52. The summed E-state index contributed by atoms with van der Waals surface area (Å²) in [5.41, 5.74) is 2.06. The average Bonchev–Trinajstić information content (AvgIpc) is 2.40. The topological polar surface area (TPSA) is 26.3 Å². The minimum absolute atomic E-state index is 0.347. The van der Waals surface area contributed by atoms with Crippen LogP contribution in [-0.4, -0.2) is 6.29 Å². The normalized spacial score (nSPS) is 9.88. The Morgan fingerprint density at radius 3 is 2.18 bits per heavy atom. The Balaban J connectivity index is 1.93. The standard InChI is InChI=1S/C15H13O2/c16-11-10-13-6-8-14(9-7-13)12-17-15-4-2-1-3-5-15/h1-9H,10,12H2. The largest absolute Gasteiger partial charge is 0.489 e. The van der Waals surface area contributed by atoms with E-state index >= 15 is 0 Å². The molecule has 0 bridgehead atoms. The third-order valence-electron chi connectivity index (χ3n) is 2.45. The summed E-state index contributed by atoms with van der Waals surface area (Å²) in [7, 11) is 0. The summed E-state index contributed by atoms with van der Waals surface area (Å²) in [6.45, 7) is 0.537. The molecule has 2 heteroatoms. The lowest BCUT2D eigenvalue weighted by Crippen LogP contribution is -1.95. The van der Waals surface area contributed by atoms with Crippen LogP contribution in [0.15, 0.2) is 54.6 Å². The molecule has 0 amide bonds. The monoisotopic (exact) mass is 225 g/mol. The van der Waals surface area contributed by atoms with Gasteiger partial charge in [-0.25, -0.2) is 0 Å². The van der Waals surface area contributed by atoms with E-state index in [0.29, 0.717) is 13.0 Å². The van der Waals surface area contributed by atoms with E-state index < -0.39 is 0 Å². The van der Waals surface area contributed by atoms with Gasteiger partial charge in [-0.1, -0.05) is 42.5 Å². The first-order valence-electron chi connectivity index (χ1n) is 5.49. The van der Waals surface area contributed by atoms with Crippen LogP contribution in [0.3, 0.4) is 0 Å². The molecule has 2 aromatic rings. The van der Waals surface area contributed by atoms with E-state index in [9.17, 15) is 4.79 Å². The van der Waals surface area contributed by atoms with Gasteiger partial charge in [0.15, 0.2) is 0 Å². The predicted octanol–water partition coefficient (Wildman–Crippen LogP) is 2.92. The smallest absolute Gasteiger partial charge is 0.203 e. The van der Waals surface area contributed by atoms with E-state index in [1.807, 2.05) is 60.9 Å². The highest BCUT2D eigenvalue weighted by molar-refractivity contribution is 5.55. The number of ether oxygens (including phenoxy) is 1. The number of hydrogen-bond donors (Lipinski definition) is 0. The molecule has 0 aromatic heterocycles. The summed E-state index contributed by atoms with van der Waals surface area (Å²) < 4.78 is 5.61. The van der Waals surface area contributed by atoms with E-state index in [0.717, 1.165) is 16.9 Å². The Morgan fingerprint density at radius 2 is 1.53 bits per heavy atom. The fraction of sp³-hybridized carbons (Fsp3) is 0.133. The van der Waals surface area contributed by atoms with Gasteiger partial charge in [0.05, 0.1) is 0 Å². The summed E-state index contributed by atoms with van der Waals surface area (Å²) in [5.74, 6) is 0.859. The number of rotatable bonds is 5. The fourth-order valence-electron chi connectivity index (χ4n) is 1.52. The van der Waals surface area contributed by atoms with Gasteiger partial charge in [-0.2, -0.15) is 0 Å². The lowest BCUT2D eigenvalue weighted by Gasteiger charge is -2.06. The Labute approximate surface area is 101 Å². The lowest BCUT2D eigenvalue weighted by molar-refractivity contribution is 0.306. The van der Waals surface area contributed by atoms with Crippen LogP contribution in [0.4, 0.5) is 0 Å². The first kappa shape index (κ1) is 11.4. The van der Waals surface area contributed by atoms with Crippen LogP contribution >= 0.6 is 0 Å². The third-order valence-corrected chi connectivity index (χ3v) is 2.45. The minimum Gasteiger partial charge on any atom is -0.489 e. The van der Waals surface area contributed by atoms with Crippen molar-refractivity contribution in [3.8, 4) is 5.75 Å². The number of para-hydroxylation sites is 1. The van der Waals surface area contributed by atoms with Crippen molar-refractivity contribution in [2.75, 3.05) is 0 Å². The molecule has 0 aliphatic carbocycles. The molecule has 0 aliphatic rings. The molecule has 1 radical (unpaired) electrons. The maximum Gasteiger partial charge on any atom is 0.203 e. The maximum absolute atomic E-state index is 10.2.